The van der Waals surface area contributed by atoms with E-state index >= 15 is 0 Å². The van der Waals surface area contributed by atoms with Crippen molar-refractivity contribution in [2.45, 2.75) is 44.2 Å². The van der Waals surface area contributed by atoms with Gasteiger partial charge in [-0.05, 0) is 68.5 Å². The lowest BCUT2D eigenvalue weighted by atomic mass is 9.89. The quantitative estimate of drug-likeness (QED) is 0.534. The Morgan fingerprint density at radius 2 is 1.46 bits per heavy atom. The molecule has 0 unspecified atom stereocenters. The molecule has 1 aliphatic carbocycles. The molecule has 7 nitrogen and oxygen atoms in total. The molecule has 2 fully saturated rings. The third-order valence-corrected chi connectivity index (χ3v) is 7.51. The maximum absolute atomic E-state index is 13.2. The minimum Gasteiger partial charge on any atom is -0.457 e. The van der Waals surface area contributed by atoms with Crippen molar-refractivity contribution in [2.75, 3.05) is 39.3 Å². The van der Waals surface area contributed by atoms with Crippen LogP contribution < -0.4 is 10.4 Å². The molecule has 1 saturated carbocycles. The number of benzene rings is 2. The average molecular weight is 477 g/mol. The minimum atomic E-state index is 0.0303. The second-order valence-corrected chi connectivity index (χ2v) is 9.68. The van der Waals surface area contributed by atoms with Gasteiger partial charge in [-0.2, -0.15) is 0 Å². The zero-order valence-corrected chi connectivity index (χ0v) is 20.3. The maximum atomic E-state index is 13.2. The number of ether oxygens (including phenoxy) is 1. The largest absolute Gasteiger partial charge is 0.457 e. The number of piperazine rings is 1. The van der Waals surface area contributed by atoms with Crippen LogP contribution in [-0.2, 0) is 0 Å². The average Bonchev–Trinajstić information content (AvgIpc) is 3.30. The van der Waals surface area contributed by atoms with Gasteiger partial charge in [0.1, 0.15) is 11.5 Å². The van der Waals surface area contributed by atoms with Gasteiger partial charge in [0.2, 0.25) is 0 Å². The first-order valence-corrected chi connectivity index (χ1v) is 12.9. The molecule has 2 heterocycles. The predicted molar refractivity (Wildman–Crippen MR) is 138 cm³/mol. The predicted octanol–water partition coefficient (Wildman–Crippen LogP) is 3.92. The highest BCUT2D eigenvalue weighted by molar-refractivity contribution is 5.39. The number of aromatic nitrogens is 2. The van der Waals surface area contributed by atoms with Crippen LogP contribution >= 0.6 is 0 Å². The number of aliphatic hydroxyl groups excluding tert-OH is 1. The third kappa shape index (κ3) is 5.69. The number of para-hydroxylation sites is 1. The van der Waals surface area contributed by atoms with Crippen molar-refractivity contribution < 1.29 is 9.84 Å². The molecule has 0 spiro atoms. The van der Waals surface area contributed by atoms with Crippen molar-refractivity contribution in [3.05, 3.63) is 77.5 Å². The first kappa shape index (κ1) is 23.9. The Morgan fingerprint density at radius 3 is 2.14 bits per heavy atom. The molecule has 2 aliphatic rings. The molecular weight excluding hydrogens is 440 g/mol. The molecule has 1 saturated heterocycles. The maximum Gasteiger partial charge on any atom is 0.332 e. The molecule has 7 heteroatoms. The highest BCUT2D eigenvalue weighted by atomic mass is 16.5. The molecule has 35 heavy (non-hydrogen) atoms. The smallest absolute Gasteiger partial charge is 0.332 e. The first-order chi connectivity index (χ1) is 17.2. The van der Waals surface area contributed by atoms with Crippen LogP contribution in [0.3, 0.4) is 0 Å². The zero-order valence-electron chi connectivity index (χ0n) is 20.3. The fourth-order valence-electron chi connectivity index (χ4n) is 5.51. The topological polar surface area (TPSA) is 62.9 Å². The number of hydrogen-bond acceptors (Lipinski definition) is 5. The first-order valence-electron chi connectivity index (χ1n) is 12.9. The molecule has 0 amide bonds. The molecule has 0 bridgehead atoms. The van der Waals surface area contributed by atoms with Gasteiger partial charge in [0, 0.05) is 63.8 Å². The molecule has 2 aromatic carbocycles. The van der Waals surface area contributed by atoms with Gasteiger partial charge in [-0.1, -0.05) is 18.2 Å². The Kier molecular flexibility index (Phi) is 7.66. The van der Waals surface area contributed by atoms with Gasteiger partial charge < -0.3 is 14.7 Å². The molecule has 186 valence electrons. The summed E-state index contributed by atoms with van der Waals surface area (Å²) in [4.78, 5) is 18.3. The van der Waals surface area contributed by atoms with Gasteiger partial charge in [0.15, 0.2) is 0 Å². The van der Waals surface area contributed by atoms with E-state index in [-0.39, 0.29) is 18.3 Å². The highest BCUT2D eigenvalue weighted by Crippen LogP contribution is 2.31. The van der Waals surface area contributed by atoms with E-state index in [0.717, 1.165) is 82.0 Å². The van der Waals surface area contributed by atoms with Crippen molar-refractivity contribution >= 4 is 0 Å². The van der Waals surface area contributed by atoms with Crippen molar-refractivity contribution in [3.8, 4) is 17.2 Å². The Bertz CT molecular complexity index is 1110. The summed E-state index contributed by atoms with van der Waals surface area (Å²) in [7, 11) is 0. The molecule has 1 N–H and O–H groups in total. The van der Waals surface area contributed by atoms with E-state index in [1.54, 1.807) is 4.57 Å². The summed E-state index contributed by atoms with van der Waals surface area (Å²) in [5, 5.41) is 9.05. The normalized spacial score (nSPS) is 21.7. The summed E-state index contributed by atoms with van der Waals surface area (Å²) in [6.45, 7) is 5.69. The van der Waals surface area contributed by atoms with E-state index in [0.29, 0.717) is 6.04 Å². The van der Waals surface area contributed by atoms with Crippen LogP contribution in [0.4, 0.5) is 0 Å². The molecular formula is C28H36N4O3. The van der Waals surface area contributed by atoms with Gasteiger partial charge in [-0.3, -0.25) is 14.0 Å². The zero-order chi connectivity index (χ0) is 24.0. The van der Waals surface area contributed by atoms with E-state index in [9.17, 15) is 4.79 Å². The molecule has 0 atom stereocenters. The van der Waals surface area contributed by atoms with Crippen LogP contribution in [0.1, 0.15) is 38.1 Å². The monoisotopic (exact) mass is 476 g/mol. The Hall–Kier alpha value is -2.87. The summed E-state index contributed by atoms with van der Waals surface area (Å²) in [6, 6.07) is 18.3. The summed E-state index contributed by atoms with van der Waals surface area (Å²) < 4.78 is 9.53. The van der Waals surface area contributed by atoms with Crippen LogP contribution in [0.2, 0.25) is 0 Å². The van der Waals surface area contributed by atoms with E-state index in [4.69, 9.17) is 9.84 Å². The van der Waals surface area contributed by atoms with Crippen molar-refractivity contribution in [1.82, 2.24) is 18.9 Å². The number of nitrogens with zero attached hydrogens (tertiary/aromatic N) is 4. The highest BCUT2D eigenvalue weighted by Gasteiger charge is 2.29. The molecule has 1 aliphatic heterocycles. The summed E-state index contributed by atoms with van der Waals surface area (Å²) in [6.07, 6.45) is 9.07. The Morgan fingerprint density at radius 1 is 0.800 bits per heavy atom. The van der Waals surface area contributed by atoms with Crippen molar-refractivity contribution in [2.24, 2.45) is 0 Å². The fourth-order valence-corrected chi connectivity index (χ4v) is 5.51. The van der Waals surface area contributed by atoms with E-state index < -0.39 is 0 Å². The van der Waals surface area contributed by atoms with E-state index in [1.807, 2.05) is 71.6 Å². The van der Waals surface area contributed by atoms with Crippen LogP contribution in [0.25, 0.3) is 5.69 Å². The standard InChI is InChI=1S/C28H36N4O3/c33-22-4-15-29-16-18-30(19-17-29)23-7-9-24(10-8-23)31-20-21-32(28(31)34)25-11-13-27(14-12-25)35-26-5-2-1-3-6-26/h1-3,5-6,11-14,20-21,23-24,33H,4,7-10,15-19,22H2. The van der Waals surface area contributed by atoms with Crippen LogP contribution in [0.15, 0.2) is 71.8 Å². The second kappa shape index (κ2) is 11.2. The molecule has 0 radical (unpaired) electrons. The molecule has 3 aromatic rings. The molecule has 1 aromatic heterocycles. The number of aliphatic hydroxyl groups is 1. The third-order valence-electron chi connectivity index (χ3n) is 7.51. The SMILES string of the molecule is O=c1n(-c2ccc(Oc3ccccc3)cc2)ccn1C1CCC(N2CCN(CCCO)CC2)CC1. The van der Waals surface area contributed by atoms with Gasteiger partial charge in [0.05, 0.1) is 5.69 Å². The minimum absolute atomic E-state index is 0.0303. The van der Waals surface area contributed by atoms with Gasteiger partial charge in [-0.25, -0.2) is 4.79 Å². The Labute approximate surface area is 207 Å². The van der Waals surface area contributed by atoms with Crippen molar-refractivity contribution in [3.63, 3.8) is 0 Å². The lowest BCUT2D eigenvalue weighted by molar-refractivity contribution is 0.0684. The summed E-state index contributed by atoms with van der Waals surface area (Å²) in [5.41, 5.74) is 0.879. The van der Waals surface area contributed by atoms with E-state index in [2.05, 4.69) is 9.80 Å². The number of imidazole rings is 1. The van der Waals surface area contributed by atoms with Gasteiger partial charge in [-0.15, -0.1) is 0 Å². The Balaban J connectivity index is 1.16. The van der Waals surface area contributed by atoms with E-state index in [1.165, 1.54) is 0 Å². The second-order valence-electron chi connectivity index (χ2n) is 9.68. The van der Waals surface area contributed by atoms with Crippen molar-refractivity contribution in [1.29, 1.82) is 0 Å². The van der Waals surface area contributed by atoms with Crippen LogP contribution in [0, 0.1) is 0 Å². The molecule has 5 rings (SSSR count). The van der Waals surface area contributed by atoms with Crippen LogP contribution in [-0.4, -0.2) is 69.4 Å². The van der Waals surface area contributed by atoms with Gasteiger partial charge >= 0.3 is 5.69 Å². The van der Waals surface area contributed by atoms with Gasteiger partial charge in [0.25, 0.3) is 0 Å². The summed E-state index contributed by atoms with van der Waals surface area (Å²) in [5.74, 6) is 1.54. The van der Waals surface area contributed by atoms with Crippen LogP contribution in [0.5, 0.6) is 11.5 Å². The lowest BCUT2D eigenvalue weighted by Crippen LogP contribution is -2.51. The lowest BCUT2D eigenvalue weighted by Gasteiger charge is -2.42. The number of rotatable bonds is 8. The number of hydrogen-bond donors (Lipinski definition) is 1. The summed E-state index contributed by atoms with van der Waals surface area (Å²) >= 11 is 0. The fraction of sp³-hybridized carbons (Fsp3) is 0.464.